The summed E-state index contributed by atoms with van der Waals surface area (Å²) >= 11 is 1.17. The number of hydrazine groups is 1. The van der Waals surface area contributed by atoms with Crippen LogP contribution in [-0.2, 0) is 9.59 Å². The van der Waals surface area contributed by atoms with Crippen LogP contribution in [0.25, 0.3) is 0 Å². The Hall–Kier alpha value is -3.13. The molecule has 1 aliphatic rings. The average Bonchev–Trinajstić information content (AvgIpc) is 3.07. The third-order valence-electron chi connectivity index (χ3n) is 4.07. The van der Waals surface area contributed by atoms with E-state index in [1.165, 1.54) is 16.7 Å². The highest BCUT2D eigenvalue weighted by Crippen LogP contribution is 2.26. The van der Waals surface area contributed by atoms with Crippen molar-refractivity contribution >= 4 is 40.3 Å². The minimum absolute atomic E-state index is 0.0509. The fourth-order valence-electron chi connectivity index (χ4n) is 2.51. The number of thioether (sulfide) groups is 1. The predicted molar refractivity (Wildman–Crippen MR) is 110 cm³/mol. The first-order chi connectivity index (χ1) is 13.5. The van der Waals surface area contributed by atoms with Gasteiger partial charge < -0.3 is 0 Å². The third-order valence-corrected chi connectivity index (χ3v) is 5.16. The lowest BCUT2D eigenvalue weighted by atomic mass is 10.2. The first-order valence-corrected chi connectivity index (χ1v) is 9.59. The molecule has 0 aromatic heterocycles. The Morgan fingerprint density at radius 2 is 1.75 bits per heavy atom. The van der Waals surface area contributed by atoms with E-state index < -0.39 is 11.2 Å². The fraction of sp³-hybridized carbons (Fsp3) is 0.200. The summed E-state index contributed by atoms with van der Waals surface area (Å²) in [6.07, 6.45) is 0. The van der Waals surface area contributed by atoms with Gasteiger partial charge >= 0.3 is 0 Å². The average molecular weight is 396 g/mol. The zero-order valence-electron chi connectivity index (χ0n) is 15.5. The van der Waals surface area contributed by atoms with Crippen molar-refractivity contribution in [1.82, 2.24) is 10.9 Å². The van der Waals surface area contributed by atoms with E-state index in [9.17, 15) is 14.4 Å². The normalized spacial score (nSPS) is 14.4. The number of aliphatic imine (C=N–C) groups is 1. The van der Waals surface area contributed by atoms with Crippen molar-refractivity contribution in [3.8, 4) is 0 Å². The summed E-state index contributed by atoms with van der Waals surface area (Å²) < 4.78 is 0. The second-order valence-electron chi connectivity index (χ2n) is 6.23. The molecule has 0 fully saturated rings. The smallest absolute Gasteiger partial charge is 0.269 e. The highest BCUT2D eigenvalue weighted by molar-refractivity contribution is 8.15. The van der Waals surface area contributed by atoms with Crippen LogP contribution in [0.1, 0.15) is 22.8 Å². The van der Waals surface area contributed by atoms with Crippen molar-refractivity contribution in [1.29, 1.82) is 0 Å². The lowest BCUT2D eigenvalue weighted by molar-refractivity contribution is -0.121. The Balaban J connectivity index is 1.59. The third kappa shape index (κ3) is 4.58. The maximum atomic E-state index is 12.3. The molecule has 3 rings (SSSR count). The van der Waals surface area contributed by atoms with Crippen molar-refractivity contribution in [3.05, 3.63) is 65.7 Å². The summed E-state index contributed by atoms with van der Waals surface area (Å²) in [6, 6.07) is 16.1. The highest BCUT2D eigenvalue weighted by atomic mass is 32.2. The first-order valence-electron chi connectivity index (χ1n) is 8.71. The Labute approximate surface area is 167 Å². The number of carbonyl (C=O) groups is 3. The standard InChI is InChI=1S/C20H20N4O3S/c1-13-8-10-16(11-9-13)24-17(25)12-21-20(24)28-14(2)18(26)22-23-19(27)15-6-4-3-5-7-15/h3-11,14H,12H2,1-2H3,(H,22,26)(H,23,27)/t14-/m1/s1. The SMILES string of the molecule is Cc1ccc(N2C(=O)CN=C2S[C@H](C)C(=O)NNC(=O)c2ccccc2)cc1. The molecule has 28 heavy (non-hydrogen) atoms. The minimum atomic E-state index is -0.561. The van der Waals surface area contributed by atoms with E-state index in [0.717, 1.165) is 5.56 Å². The van der Waals surface area contributed by atoms with Crippen LogP contribution < -0.4 is 15.8 Å². The summed E-state index contributed by atoms with van der Waals surface area (Å²) in [5, 5.41) is -0.0976. The molecule has 0 radical (unpaired) electrons. The number of amidine groups is 1. The topological polar surface area (TPSA) is 90.9 Å². The molecule has 8 heteroatoms. The molecule has 0 spiro atoms. The van der Waals surface area contributed by atoms with Crippen LogP contribution in [0, 0.1) is 6.92 Å². The van der Waals surface area contributed by atoms with Gasteiger partial charge in [-0.2, -0.15) is 0 Å². The van der Waals surface area contributed by atoms with E-state index in [0.29, 0.717) is 16.4 Å². The molecule has 0 aliphatic carbocycles. The van der Waals surface area contributed by atoms with E-state index in [1.54, 1.807) is 37.3 Å². The maximum Gasteiger partial charge on any atom is 0.269 e. The molecule has 3 amide bonds. The maximum absolute atomic E-state index is 12.3. The van der Waals surface area contributed by atoms with Crippen LogP contribution >= 0.6 is 11.8 Å². The van der Waals surface area contributed by atoms with Crippen molar-refractivity contribution in [2.45, 2.75) is 19.1 Å². The summed E-state index contributed by atoms with van der Waals surface area (Å²) in [5.41, 5.74) is 7.04. The van der Waals surface area contributed by atoms with E-state index >= 15 is 0 Å². The number of anilines is 1. The van der Waals surface area contributed by atoms with Crippen LogP contribution in [-0.4, -0.2) is 34.7 Å². The van der Waals surface area contributed by atoms with Gasteiger partial charge in [0, 0.05) is 5.56 Å². The molecule has 1 heterocycles. The van der Waals surface area contributed by atoms with Crippen LogP contribution in [0.15, 0.2) is 59.6 Å². The van der Waals surface area contributed by atoms with Crippen LogP contribution in [0.5, 0.6) is 0 Å². The zero-order valence-corrected chi connectivity index (χ0v) is 16.3. The van der Waals surface area contributed by atoms with Crippen molar-refractivity contribution < 1.29 is 14.4 Å². The lowest BCUT2D eigenvalue weighted by Gasteiger charge is -2.20. The zero-order chi connectivity index (χ0) is 20.1. The van der Waals surface area contributed by atoms with Gasteiger partial charge in [-0.15, -0.1) is 0 Å². The molecular formula is C20H20N4O3S. The number of rotatable bonds is 4. The molecule has 1 aliphatic heterocycles. The van der Waals surface area contributed by atoms with Crippen LogP contribution in [0.3, 0.4) is 0 Å². The van der Waals surface area contributed by atoms with Gasteiger partial charge in [-0.1, -0.05) is 47.7 Å². The number of hydrogen-bond donors (Lipinski definition) is 2. The first kappa shape index (κ1) is 19.6. The number of nitrogens with one attached hydrogen (secondary N) is 2. The Morgan fingerprint density at radius 1 is 1.07 bits per heavy atom. The minimum Gasteiger partial charge on any atom is -0.272 e. The molecule has 0 saturated heterocycles. The van der Waals surface area contributed by atoms with E-state index in [-0.39, 0.29) is 18.4 Å². The van der Waals surface area contributed by atoms with E-state index in [1.807, 2.05) is 31.2 Å². The lowest BCUT2D eigenvalue weighted by Crippen LogP contribution is -2.45. The molecule has 144 valence electrons. The number of amides is 3. The van der Waals surface area contributed by atoms with Gasteiger partial charge in [0.05, 0.1) is 10.9 Å². The van der Waals surface area contributed by atoms with E-state index in [2.05, 4.69) is 15.8 Å². The van der Waals surface area contributed by atoms with Crippen molar-refractivity contribution in [3.63, 3.8) is 0 Å². The van der Waals surface area contributed by atoms with Gasteiger partial charge in [0.1, 0.15) is 6.54 Å². The van der Waals surface area contributed by atoms with Gasteiger partial charge in [0.15, 0.2) is 5.17 Å². The quantitative estimate of drug-likeness (QED) is 0.776. The molecular weight excluding hydrogens is 376 g/mol. The molecule has 7 nitrogen and oxygen atoms in total. The second-order valence-corrected chi connectivity index (χ2v) is 7.54. The second kappa shape index (κ2) is 8.71. The van der Waals surface area contributed by atoms with Gasteiger partial charge in [-0.25, -0.2) is 0 Å². The van der Waals surface area contributed by atoms with Gasteiger partial charge in [0.25, 0.3) is 17.7 Å². The van der Waals surface area contributed by atoms with Crippen molar-refractivity contribution in [2.75, 3.05) is 11.4 Å². The molecule has 2 aromatic rings. The Morgan fingerprint density at radius 3 is 2.43 bits per heavy atom. The number of carbonyl (C=O) groups excluding carboxylic acids is 3. The molecule has 0 unspecified atom stereocenters. The van der Waals surface area contributed by atoms with Gasteiger partial charge in [-0.05, 0) is 38.1 Å². The number of benzene rings is 2. The molecule has 0 bridgehead atoms. The molecule has 2 aromatic carbocycles. The predicted octanol–water partition coefficient (Wildman–Crippen LogP) is 2.28. The van der Waals surface area contributed by atoms with Gasteiger partial charge in [0.2, 0.25) is 0 Å². The Kier molecular flexibility index (Phi) is 6.10. The number of nitrogens with zero attached hydrogens (tertiary/aromatic N) is 2. The monoisotopic (exact) mass is 396 g/mol. The summed E-state index contributed by atoms with van der Waals surface area (Å²) in [7, 11) is 0. The Bertz CT molecular complexity index is 913. The summed E-state index contributed by atoms with van der Waals surface area (Å²) in [5.74, 6) is -0.933. The summed E-state index contributed by atoms with van der Waals surface area (Å²) in [6.45, 7) is 3.71. The van der Waals surface area contributed by atoms with Crippen LogP contribution in [0.2, 0.25) is 0 Å². The number of hydrogen-bond acceptors (Lipinski definition) is 5. The van der Waals surface area contributed by atoms with E-state index in [4.69, 9.17) is 0 Å². The molecule has 1 atom stereocenters. The van der Waals surface area contributed by atoms with Gasteiger partial charge in [-0.3, -0.25) is 35.1 Å². The highest BCUT2D eigenvalue weighted by Gasteiger charge is 2.30. The van der Waals surface area contributed by atoms with Crippen molar-refractivity contribution in [2.24, 2.45) is 4.99 Å². The number of aryl methyl sites for hydroxylation is 1. The largest absolute Gasteiger partial charge is 0.272 e. The molecule has 0 saturated carbocycles. The van der Waals surface area contributed by atoms with Crippen LogP contribution in [0.4, 0.5) is 5.69 Å². The summed E-state index contributed by atoms with van der Waals surface area (Å²) in [4.78, 5) is 42.3. The fourth-order valence-corrected chi connectivity index (χ4v) is 3.45. The molecule has 2 N–H and O–H groups in total.